The summed E-state index contributed by atoms with van der Waals surface area (Å²) in [6.45, 7) is 14.5. The van der Waals surface area contributed by atoms with Crippen molar-refractivity contribution in [2.24, 2.45) is 29.1 Å². The standard InChI is InChI=1S/C41H60O9/c1-23(2)28-20-32(42)26(5)12-10-11-24(3)18-33(43)31-19-27(6)29-21-36(46)40(8,48)37-15-16-39(7,50-37)35(45)14-13-25(4)17-30(29)41(31,22-34(28)44)38(47)49-9/h12,17-18,23,28,30-31,35-37,45-46,48H,10-11,13-16,19-22H2,1-9H3/b24-18?,25-17-,26-12-/t28-,30-,31+,35-,36-,37+,39+,40-,41-/m0/s1. The maximum Gasteiger partial charge on any atom is 0.313 e. The first-order valence-electron chi connectivity index (χ1n) is 18.4. The lowest BCUT2D eigenvalue weighted by molar-refractivity contribution is -0.188. The molecule has 0 aromatic heterocycles. The van der Waals surface area contributed by atoms with E-state index in [1.807, 2.05) is 53.7 Å². The van der Waals surface area contributed by atoms with E-state index in [9.17, 15) is 34.5 Å². The Bertz CT molecular complexity index is 1480. The second kappa shape index (κ2) is 15.5. The quantitative estimate of drug-likeness (QED) is 0.231. The van der Waals surface area contributed by atoms with Crippen LogP contribution in [0.1, 0.15) is 120 Å². The second-order valence-electron chi connectivity index (χ2n) is 16.5. The van der Waals surface area contributed by atoms with Gasteiger partial charge in [-0.1, -0.05) is 48.3 Å². The van der Waals surface area contributed by atoms with Crippen LogP contribution in [0.5, 0.6) is 0 Å². The predicted molar refractivity (Wildman–Crippen MR) is 191 cm³/mol. The van der Waals surface area contributed by atoms with Crippen molar-refractivity contribution in [3.05, 3.63) is 46.1 Å². The number of methoxy groups -OCH3 is 1. The molecule has 9 nitrogen and oxygen atoms in total. The van der Waals surface area contributed by atoms with Crippen LogP contribution in [0, 0.1) is 29.1 Å². The zero-order valence-corrected chi connectivity index (χ0v) is 31.6. The van der Waals surface area contributed by atoms with Crippen molar-refractivity contribution in [2.45, 2.75) is 149 Å². The Morgan fingerprint density at radius 1 is 0.960 bits per heavy atom. The van der Waals surface area contributed by atoms with E-state index in [1.165, 1.54) is 14.0 Å². The van der Waals surface area contributed by atoms with E-state index in [1.54, 1.807) is 13.0 Å². The minimum absolute atomic E-state index is 0.00952. The highest BCUT2D eigenvalue weighted by atomic mass is 16.5. The molecule has 9 heteroatoms. The third-order valence-corrected chi connectivity index (χ3v) is 12.4. The molecule has 0 aromatic carbocycles. The minimum atomic E-state index is -1.71. The molecule has 2 aliphatic carbocycles. The topological polar surface area (TPSA) is 147 Å². The molecular weight excluding hydrogens is 636 g/mol. The van der Waals surface area contributed by atoms with Crippen molar-refractivity contribution in [1.29, 1.82) is 0 Å². The number of aliphatic hydroxyl groups excluding tert-OH is 2. The van der Waals surface area contributed by atoms with Crippen molar-refractivity contribution in [2.75, 3.05) is 7.11 Å². The van der Waals surface area contributed by atoms with E-state index in [4.69, 9.17) is 9.47 Å². The first kappa shape index (κ1) is 40.1. The zero-order valence-electron chi connectivity index (χ0n) is 31.6. The Morgan fingerprint density at radius 3 is 2.28 bits per heavy atom. The van der Waals surface area contributed by atoms with Gasteiger partial charge in [0.1, 0.15) is 11.4 Å². The summed E-state index contributed by atoms with van der Waals surface area (Å²) < 4.78 is 11.9. The number of ether oxygens (including phenoxy) is 2. The lowest BCUT2D eigenvalue weighted by Gasteiger charge is -2.48. The van der Waals surface area contributed by atoms with Gasteiger partial charge in [0.15, 0.2) is 11.6 Å². The lowest BCUT2D eigenvalue weighted by Crippen LogP contribution is -2.55. The van der Waals surface area contributed by atoms with Gasteiger partial charge in [-0.25, -0.2) is 0 Å². The summed E-state index contributed by atoms with van der Waals surface area (Å²) in [7, 11) is 1.26. The SMILES string of the molecule is COC(=O)[C@]12CC(=O)[C@H](C(C)C)CC(=O)/C(C)=C\CCC(C)=CC(=O)[C@H]1CC(C)=C1C[C@H](O)[C@](C)(O)[C@H]3CC[C@@](C)(O3)[C@@H](O)CC/C(C)=C\[C@@H]12. The van der Waals surface area contributed by atoms with Crippen LogP contribution in [-0.4, -0.2) is 75.3 Å². The number of esters is 1. The Hall–Kier alpha value is -2.72. The molecule has 0 radical (unpaired) electrons. The van der Waals surface area contributed by atoms with E-state index in [0.29, 0.717) is 49.7 Å². The number of hydrogen-bond acceptors (Lipinski definition) is 9. The van der Waals surface area contributed by atoms with Gasteiger partial charge >= 0.3 is 5.97 Å². The summed E-state index contributed by atoms with van der Waals surface area (Å²) >= 11 is 0. The van der Waals surface area contributed by atoms with Gasteiger partial charge in [0.25, 0.3) is 0 Å². The average molecular weight is 697 g/mol. The molecule has 4 aliphatic rings. The summed E-state index contributed by atoms with van der Waals surface area (Å²) in [6.07, 6.45) is 5.05. The summed E-state index contributed by atoms with van der Waals surface area (Å²) in [6, 6.07) is 0. The first-order valence-corrected chi connectivity index (χ1v) is 18.4. The van der Waals surface area contributed by atoms with E-state index in [2.05, 4.69) is 0 Å². The predicted octanol–water partition coefficient (Wildman–Crippen LogP) is 6.09. The van der Waals surface area contributed by atoms with Crippen molar-refractivity contribution in [3.63, 3.8) is 0 Å². The Morgan fingerprint density at radius 2 is 1.64 bits per heavy atom. The van der Waals surface area contributed by atoms with E-state index >= 15 is 0 Å². The zero-order chi connectivity index (χ0) is 37.3. The van der Waals surface area contributed by atoms with Crippen LogP contribution in [-0.2, 0) is 28.7 Å². The maximum absolute atomic E-state index is 14.6. The van der Waals surface area contributed by atoms with Gasteiger partial charge in [-0.15, -0.1) is 0 Å². The number of fused-ring (bicyclic) bond motifs is 5. The molecule has 278 valence electrons. The summed E-state index contributed by atoms with van der Waals surface area (Å²) in [5, 5.41) is 35.0. The van der Waals surface area contributed by atoms with Crippen molar-refractivity contribution in [3.8, 4) is 0 Å². The highest BCUT2D eigenvalue weighted by Gasteiger charge is 2.60. The normalized spacial score (nSPS) is 40.5. The van der Waals surface area contributed by atoms with Gasteiger partial charge in [-0.3, -0.25) is 19.2 Å². The van der Waals surface area contributed by atoms with Crippen molar-refractivity contribution in [1.82, 2.24) is 0 Å². The Kier molecular flexibility index (Phi) is 12.4. The molecule has 1 fully saturated rings. The number of allylic oxidation sites excluding steroid dienone is 7. The third kappa shape index (κ3) is 7.86. The molecule has 0 unspecified atom stereocenters. The smallest absolute Gasteiger partial charge is 0.313 e. The van der Waals surface area contributed by atoms with Crippen LogP contribution in [0.4, 0.5) is 0 Å². The van der Waals surface area contributed by atoms with Crippen molar-refractivity contribution >= 4 is 23.3 Å². The second-order valence-corrected chi connectivity index (χ2v) is 16.5. The number of carbonyl (C=O) groups is 4. The molecule has 0 saturated carbocycles. The third-order valence-electron chi connectivity index (χ3n) is 12.4. The van der Waals surface area contributed by atoms with Crippen molar-refractivity contribution < 1.29 is 44.0 Å². The van der Waals surface area contributed by atoms with Gasteiger partial charge in [-0.05, 0) is 110 Å². The lowest BCUT2D eigenvalue weighted by atomic mass is 9.53. The number of hydrogen-bond donors (Lipinski definition) is 3. The molecular formula is C41H60O9. The minimum Gasteiger partial charge on any atom is -0.469 e. The fraction of sp³-hybridized carbons (Fsp3) is 0.707. The van der Waals surface area contributed by atoms with Crippen LogP contribution in [0.3, 0.4) is 0 Å². The fourth-order valence-electron chi connectivity index (χ4n) is 8.81. The highest BCUT2D eigenvalue weighted by molar-refractivity contribution is 6.02. The molecule has 2 bridgehead atoms. The number of aliphatic hydroxyl groups is 3. The van der Waals surface area contributed by atoms with E-state index < -0.39 is 58.7 Å². The van der Waals surface area contributed by atoms with Crippen LogP contribution in [0.25, 0.3) is 0 Å². The molecule has 0 amide bonds. The highest BCUT2D eigenvalue weighted by Crippen LogP contribution is 2.55. The molecule has 1 saturated heterocycles. The first-order chi connectivity index (χ1) is 23.3. The summed E-state index contributed by atoms with van der Waals surface area (Å²) in [4.78, 5) is 57.1. The van der Waals surface area contributed by atoms with Gasteiger partial charge in [0, 0.05) is 30.6 Å². The van der Waals surface area contributed by atoms with Crippen LogP contribution in [0.15, 0.2) is 46.1 Å². The van der Waals surface area contributed by atoms with E-state index in [0.717, 1.165) is 16.7 Å². The van der Waals surface area contributed by atoms with Crippen LogP contribution >= 0.6 is 0 Å². The molecule has 3 N–H and O–H groups in total. The fourth-order valence-corrected chi connectivity index (χ4v) is 8.81. The van der Waals surface area contributed by atoms with Gasteiger partial charge in [0.2, 0.25) is 0 Å². The number of Topliss-reactive ketones (excluding diaryl/α,β-unsaturated/α-hetero) is 2. The van der Waals surface area contributed by atoms with Crippen LogP contribution in [0.2, 0.25) is 0 Å². The molecule has 0 aromatic rings. The molecule has 9 atom stereocenters. The Balaban J connectivity index is 2.00. The van der Waals surface area contributed by atoms with Gasteiger partial charge in [0.05, 0.1) is 36.4 Å². The molecule has 2 aliphatic heterocycles. The molecule has 4 rings (SSSR count). The molecule has 2 heterocycles. The number of rotatable bonds is 2. The average Bonchev–Trinajstić information content (AvgIpc) is 3.47. The summed E-state index contributed by atoms with van der Waals surface area (Å²) in [5.74, 6) is -4.13. The number of ketones is 3. The molecule has 0 spiro atoms. The van der Waals surface area contributed by atoms with Gasteiger partial charge < -0.3 is 24.8 Å². The van der Waals surface area contributed by atoms with Gasteiger partial charge in [-0.2, -0.15) is 0 Å². The summed E-state index contributed by atoms with van der Waals surface area (Å²) in [5.41, 5.74) is -0.648. The monoisotopic (exact) mass is 696 g/mol. The molecule has 50 heavy (non-hydrogen) atoms. The maximum atomic E-state index is 14.6. The van der Waals surface area contributed by atoms with Crippen LogP contribution < -0.4 is 0 Å². The largest absolute Gasteiger partial charge is 0.469 e. The number of carbonyl (C=O) groups excluding carboxylic acids is 4. The Labute approximate surface area is 298 Å². The van der Waals surface area contributed by atoms with E-state index in [-0.39, 0.29) is 49.0 Å².